The first-order valence-corrected chi connectivity index (χ1v) is 8.10. The van der Waals surface area contributed by atoms with Crippen LogP contribution in [0.5, 0.6) is 0 Å². The van der Waals surface area contributed by atoms with Crippen LogP contribution in [-0.2, 0) is 6.42 Å². The van der Waals surface area contributed by atoms with Crippen molar-refractivity contribution >= 4 is 40.1 Å². The molecule has 0 saturated carbocycles. The molecule has 0 spiro atoms. The molecule has 5 heteroatoms. The van der Waals surface area contributed by atoms with E-state index in [-0.39, 0.29) is 11.8 Å². The first-order chi connectivity index (χ1) is 11.5. The fraction of sp³-hybridized carbons (Fsp3) is 0.158. The van der Waals surface area contributed by atoms with Crippen molar-refractivity contribution in [1.82, 2.24) is 0 Å². The number of halogens is 1. The summed E-state index contributed by atoms with van der Waals surface area (Å²) in [5.41, 5.74) is 2.69. The number of aryl methyl sites for hydroxylation is 2. The Bertz CT molecular complexity index is 984. The number of rotatable bonds is 2. The summed E-state index contributed by atoms with van der Waals surface area (Å²) < 4.78 is 5.94. The van der Waals surface area contributed by atoms with Gasteiger partial charge in [-0.1, -0.05) is 30.7 Å². The minimum absolute atomic E-state index is 0.355. The highest BCUT2D eigenvalue weighted by Gasteiger charge is 2.38. The number of carbonyl (C=O) groups is 2. The fourth-order valence-corrected chi connectivity index (χ4v) is 3.44. The maximum atomic E-state index is 12.7. The number of carbonyl (C=O) groups excluding carboxylic acids is 2. The van der Waals surface area contributed by atoms with Gasteiger partial charge in [-0.15, -0.1) is 0 Å². The Balaban J connectivity index is 1.98. The Morgan fingerprint density at radius 3 is 2.29 bits per heavy atom. The molecule has 4 rings (SSSR count). The SMILES string of the molecule is CCc1oc2c(N3C(=O)c4ccccc4C3=O)cc(Cl)cc2c1C. The number of benzene rings is 2. The maximum Gasteiger partial charge on any atom is 0.266 e. The molecule has 0 atom stereocenters. The number of hydrogen-bond acceptors (Lipinski definition) is 3. The molecule has 2 aromatic carbocycles. The average Bonchev–Trinajstić information content (AvgIpc) is 3.03. The minimum atomic E-state index is -0.355. The number of amides is 2. The lowest BCUT2D eigenvalue weighted by molar-refractivity contribution is 0.0926. The second kappa shape index (κ2) is 5.21. The molecule has 0 saturated heterocycles. The zero-order valence-electron chi connectivity index (χ0n) is 13.2. The second-order valence-corrected chi connectivity index (χ2v) is 6.23. The summed E-state index contributed by atoms with van der Waals surface area (Å²) >= 11 is 6.24. The molecular formula is C19H14ClNO3. The van der Waals surface area contributed by atoms with Crippen LogP contribution in [0.1, 0.15) is 39.0 Å². The lowest BCUT2D eigenvalue weighted by Crippen LogP contribution is -2.29. The van der Waals surface area contributed by atoms with Gasteiger partial charge in [-0.25, -0.2) is 4.90 Å². The molecule has 0 fully saturated rings. The van der Waals surface area contributed by atoms with Gasteiger partial charge in [0.1, 0.15) is 5.76 Å². The van der Waals surface area contributed by atoms with Crippen LogP contribution in [0.25, 0.3) is 11.0 Å². The van der Waals surface area contributed by atoms with E-state index >= 15 is 0 Å². The van der Waals surface area contributed by atoms with Crippen molar-refractivity contribution in [3.63, 3.8) is 0 Å². The van der Waals surface area contributed by atoms with E-state index in [1.54, 1.807) is 36.4 Å². The van der Waals surface area contributed by atoms with Crippen LogP contribution in [0.4, 0.5) is 5.69 Å². The lowest BCUT2D eigenvalue weighted by Gasteiger charge is -2.14. The monoisotopic (exact) mass is 339 g/mol. The summed E-state index contributed by atoms with van der Waals surface area (Å²) in [7, 11) is 0. The number of nitrogens with zero attached hydrogens (tertiary/aromatic N) is 1. The van der Waals surface area contributed by atoms with Gasteiger partial charge in [-0.05, 0) is 36.8 Å². The smallest absolute Gasteiger partial charge is 0.266 e. The lowest BCUT2D eigenvalue weighted by atomic mass is 10.1. The molecule has 2 heterocycles. The Labute approximate surface area is 143 Å². The molecule has 2 amide bonds. The topological polar surface area (TPSA) is 50.5 Å². The molecule has 1 aliphatic heterocycles. The average molecular weight is 340 g/mol. The van der Waals surface area contributed by atoms with Gasteiger partial charge in [0.15, 0.2) is 5.58 Å². The molecule has 3 aromatic rings. The number of anilines is 1. The number of hydrogen-bond donors (Lipinski definition) is 0. The predicted octanol–water partition coefficient (Wildman–Crippen LogP) is 4.76. The third kappa shape index (κ3) is 1.93. The largest absolute Gasteiger partial charge is 0.459 e. The van der Waals surface area contributed by atoms with E-state index in [9.17, 15) is 9.59 Å². The van der Waals surface area contributed by atoms with Crippen molar-refractivity contribution in [3.8, 4) is 0 Å². The molecule has 24 heavy (non-hydrogen) atoms. The maximum absolute atomic E-state index is 12.7. The van der Waals surface area contributed by atoms with Crippen LogP contribution in [0.3, 0.4) is 0 Å². The van der Waals surface area contributed by atoms with Gasteiger partial charge in [-0.2, -0.15) is 0 Å². The van der Waals surface area contributed by atoms with Crippen molar-refractivity contribution in [2.75, 3.05) is 4.90 Å². The number of furan rings is 1. The van der Waals surface area contributed by atoms with Gasteiger partial charge in [0.2, 0.25) is 0 Å². The summed E-state index contributed by atoms with van der Waals surface area (Å²) in [6.45, 7) is 3.95. The molecular weight excluding hydrogens is 326 g/mol. The molecule has 0 bridgehead atoms. The second-order valence-electron chi connectivity index (χ2n) is 5.80. The highest BCUT2D eigenvalue weighted by Crippen LogP contribution is 2.39. The standard InChI is InChI=1S/C19H14ClNO3/c1-3-16-10(2)14-8-11(20)9-15(17(14)24-16)21-18(22)12-6-4-5-7-13(12)19(21)23/h4-9H,3H2,1-2H3. The highest BCUT2D eigenvalue weighted by molar-refractivity contribution is 6.37. The molecule has 1 aliphatic rings. The van der Waals surface area contributed by atoms with Crippen LogP contribution in [0.2, 0.25) is 5.02 Å². The quantitative estimate of drug-likeness (QED) is 0.632. The number of fused-ring (bicyclic) bond motifs is 2. The molecule has 0 unspecified atom stereocenters. The first kappa shape index (κ1) is 15.0. The van der Waals surface area contributed by atoms with E-state index in [1.807, 2.05) is 13.8 Å². The predicted molar refractivity (Wildman–Crippen MR) is 92.9 cm³/mol. The zero-order valence-corrected chi connectivity index (χ0v) is 14.0. The van der Waals surface area contributed by atoms with Crippen molar-refractivity contribution in [3.05, 3.63) is 63.9 Å². The summed E-state index contributed by atoms with van der Waals surface area (Å²) in [6, 6.07) is 10.2. The van der Waals surface area contributed by atoms with E-state index in [0.717, 1.165) is 28.0 Å². The molecule has 1 aromatic heterocycles. The van der Waals surface area contributed by atoms with Crippen molar-refractivity contribution in [2.45, 2.75) is 20.3 Å². The van der Waals surface area contributed by atoms with E-state index in [0.29, 0.717) is 27.4 Å². The Morgan fingerprint density at radius 2 is 1.71 bits per heavy atom. The highest BCUT2D eigenvalue weighted by atomic mass is 35.5. The van der Waals surface area contributed by atoms with Gasteiger partial charge in [0, 0.05) is 16.8 Å². The Hall–Kier alpha value is -2.59. The summed E-state index contributed by atoms with van der Waals surface area (Å²) in [6.07, 6.45) is 0.722. The van der Waals surface area contributed by atoms with Crippen molar-refractivity contribution in [1.29, 1.82) is 0 Å². The Kier molecular flexibility index (Phi) is 3.25. The zero-order chi connectivity index (χ0) is 17.0. The molecule has 4 nitrogen and oxygen atoms in total. The Morgan fingerprint density at radius 1 is 1.08 bits per heavy atom. The van der Waals surface area contributed by atoms with Gasteiger partial charge in [0.05, 0.1) is 16.8 Å². The molecule has 0 N–H and O–H groups in total. The number of imide groups is 1. The van der Waals surface area contributed by atoms with Gasteiger partial charge >= 0.3 is 0 Å². The van der Waals surface area contributed by atoms with Crippen LogP contribution in [0.15, 0.2) is 40.8 Å². The van der Waals surface area contributed by atoms with Crippen molar-refractivity contribution < 1.29 is 14.0 Å². The molecule has 0 aliphatic carbocycles. The van der Waals surface area contributed by atoms with Gasteiger partial charge < -0.3 is 4.42 Å². The summed E-state index contributed by atoms with van der Waals surface area (Å²) in [5, 5.41) is 1.28. The molecule has 120 valence electrons. The van der Waals surface area contributed by atoms with Gasteiger partial charge in [0.25, 0.3) is 11.8 Å². The van der Waals surface area contributed by atoms with Crippen LogP contribution in [0, 0.1) is 6.92 Å². The van der Waals surface area contributed by atoms with E-state index in [1.165, 1.54) is 0 Å². The van der Waals surface area contributed by atoms with E-state index in [2.05, 4.69) is 0 Å². The van der Waals surface area contributed by atoms with Crippen LogP contribution < -0.4 is 4.90 Å². The van der Waals surface area contributed by atoms with E-state index < -0.39 is 0 Å². The normalized spacial score (nSPS) is 13.9. The summed E-state index contributed by atoms with van der Waals surface area (Å²) in [4.78, 5) is 26.6. The van der Waals surface area contributed by atoms with Gasteiger partial charge in [-0.3, -0.25) is 9.59 Å². The third-order valence-corrected chi connectivity index (χ3v) is 4.66. The fourth-order valence-electron chi connectivity index (χ4n) is 3.23. The minimum Gasteiger partial charge on any atom is -0.459 e. The first-order valence-electron chi connectivity index (χ1n) is 7.72. The third-order valence-electron chi connectivity index (χ3n) is 4.44. The molecule has 0 radical (unpaired) electrons. The van der Waals surface area contributed by atoms with Crippen LogP contribution >= 0.6 is 11.6 Å². The van der Waals surface area contributed by atoms with Crippen LogP contribution in [-0.4, -0.2) is 11.8 Å². The van der Waals surface area contributed by atoms with Crippen molar-refractivity contribution in [2.24, 2.45) is 0 Å². The summed E-state index contributed by atoms with van der Waals surface area (Å²) in [5.74, 6) is 0.114. The van der Waals surface area contributed by atoms with E-state index in [4.69, 9.17) is 16.0 Å².